The molecule has 0 fully saturated rings. The van der Waals surface area contributed by atoms with Gasteiger partial charge in [0.05, 0.1) is 5.52 Å². The number of carbonyl (C=O) groups excluding carboxylic acids is 1. The zero-order chi connectivity index (χ0) is 23.7. The van der Waals surface area contributed by atoms with Crippen LogP contribution in [0.25, 0.3) is 21.8 Å². The fourth-order valence-corrected chi connectivity index (χ4v) is 3.71. The van der Waals surface area contributed by atoms with Crippen LogP contribution in [0, 0.1) is 0 Å². The highest BCUT2D eigenvalue weighted by Crippen LogP contribution is 2.21. The highest BCUT2D eigenvalue weighted by molar-refractivity contribution is 6.00. The van der Waals surface area contributed by atoms with E-state index in [9.17, 15) is 9.59 Å². The third-order valence-corrected chi connectivity index (χ3v) is 5.51. The summed E-state index contributed by atoms with van der Waals surface area (Å²) in [4.78, 5) is 33.4. The number of fused-ring (bicyclic) bond motifs is 2. The lowest BCUT2D eigenvalue weighted by Crippen LogP contribution is -2.41. The van der Waals surface area contributed by atoms with Gasteiger partial charge in [0.25, 0.3) is 11.8 Å². The third-order valence-electron chi connectivity index (χ3n) is 5.51. The molecule has 0 unspecified atom stereocenters. The van der Waals surface area contributed by atoms with E-state index in [0.29, 0.717) is 38.9 Å². The van der Waals surface area contributed by atoms with Crippen molar-refractivity contribution in [2.24, 2.45) is 0 Å². The summed E-state index contributed by atoms with van der Waals surface area (Å²) in [6.07, 6.45) is 0. The lowest BCUT2D eigenvalue weighted by Gasteiger charge is -2.21. The number of ether oxygens (including phenoxy) is 1. The Morgan fingerprint density at radius 2 is 1.74 bits per heavy atom. The average molecular weight is 454 g/mol. The minimum Gasteiger partial charge on any atom is -0.485 e. The van der Waals surface area contributed by atoms with Crippen molar-refractivity contribution in [2.75, 3.05) is 0 Å². The Labute approximate surface area is 194 Å². The van der Waals surface area contributed by atoms with Gasteiger partial charge in [-0.15, -0.1) is 0 Å². The first-order valence-electron chi connectivity index (χ1n) is 10.8. The summed E-state index contributed by atoms with van der Waals surface area (Å²) in [5, 5.41) is 8.01. The fourth-order valence-electron chi connectivity index (χ4n) is 3.71. The van der Waals surface area contributed by atoms with Crippen LogP contribution in [0.3, 0.4) is 0 Å². The average Bonchev–Trinajstić information content (AvgIpc) is 3.33. The van der Waals surface area contributed by atoms with E-state index in [0.717, 1.165) is 0 Å². The molecule has 0 aliphatic carbocycles. The predicted octanol–water partition coefficient (Wildman–Crippen LogP) is 4.31. The molecule has 0 atom stereocenters. The van der Waals surface area contributed by atoms with Gasteiger partial charge in [-0.3, -0.25) is 9.59 Å². The zero-order valence-electron chi connectivity index (χ0n) is 18.7. The van der Waals surface area contributed by atoms with Crippen molar-refractivity contribution in [1.29, 1.82) is 0 Å². The Morgan fingerprint density at radius 1 is 1.00 bits per heavy atom. The molecule has 34 heavy (non-hydrogen) atoms. The van der Waals surface area contributed by atoms with Crippen LogP contribution in [0.2, 0.25) is 0 Å². The summed E-state index contributed by atoms with van der Waals surface area (Å²) in [6, 6.07) is 21.6. The number of nitrogens with one attached hydrogen (secondary N) is 2. The first-order valence-corrected chi connectivity index (χ1v) is 10.8. The topological polar surface area (TPSA) is 110 Å². The largest absolute Gasteiger partial charge is 0.485 e. The highest BCUT2D eigenvalue weighted by Gasteiger charge is 2.30. The molecule has 0 saturated carbocycles. The number of H-pyrrole nitrogens is 1. The molecule has 0 spiro atoms. The molecular formula is C26H22N4O4. The van der Waals surface area contributed by atoms with E-state index in [1.807, 2.05) is 48.5 Å². The van der Waals surface area contributed by atoms with Crippen molar-refractivity contribution in [3.05, 3.63) is 100 Å². The van der Waals surface area contributed by atoms with Crippen LogP contribution < -0.4 is 15.5 Å². The number of carbonyl (C=O) groups is 1. The summed E-state index contributed by atoms with van der Waals surface area (Å²) >= 11 is 0. The molecule has 3 aromatic carbocycles. The fraction of sp³-hybridized carbons (Fsp3) is 0.154. The summed E-state index contributed by atoms with van der Waals surface area (Å²) < 4.78 is 11.0. The molecule has 5 rings (SSSR count). The van der Waals surface area contributed by atoms with E-state index < -0.39 is 5.54 Å². The summed E-state index contributed by atoms with van der Waals surface area (Å²) in [6.45, 7) is 3.69. The van der Waals surface area contributed by atoms with Crippen LogP contribution in [-0.2, 0) is 12.1 Å². The monoisotopic (exact) mass is 454 g/mol. The van der Waals surface area contributed by atoms with Crippen LogP contribution in [0.5, 0.6) is 5.75 Å². The van der Waals surface area contributed by atoms with Crippen molar-refractivity contribution in [1.82, 2.24) is 20.4 Å². The van der Waals surface area contributed by atoms with Crippen LogP contribution in [0.4, 0.5) is 0 Å². The number of aromatic nitrogens is 3. The number of pyridine rings is 1. The first kappa shape index (κ1) is 21.4. The van der Waals surface area contributed by atoms with Crippen molar-refractivity contribution in [3.8, 4) is 5.75 Å². The maximum Gasteiger partial charge on any atom is 0.252 e. The minimum absolute atomic E-state index is 0.0762. The second-order valence-corrected chi connectivity index (χ2v) is 8.46. The van der Waals surface area contributed by atoms with Crippen LogP contribution in [0.15, 0.2) is 82.1 Å². The van der Waals surface area contributed by atoms with Gasteiger partial charge in [0.15, 0.2) is 12.0 Å². The van der Waals surface area contributed by atoms with E-state index in [-0.39, 0.29) is 23.8 Å². The van der Waals surface area contributed by atoms with Crippen LogP contribution >= 0.6 is 0 Å². The Kier molecular flexibility index (Phi) is 5.33. The van der Waals surface area contributed by atoms with Gasteiger partial charge >= 0.3 is 0 Å². The minimum atomic E-state index is -0.930. The van der Waals surface area contributed by atoms with E-state index in [1.54, 1.807) is 38.1 Å². The Balaban J connectivity index is 1.34. The van der Waals surface area contributed by atoms with E-state index in [2.05, 4.69) is 20.4 Å². The van der Waals surface area contributed by atoms with Gasteiger partial charge in [0, 0.05) is 21.9 Å². The molecule has 5 aromatic rings. The van der Waals surface area contributed by atoms with Gasteiger partial charge in [-0.1, -0.05) is 35.5 Å². The molecule has 170 valence electrons. The Morgan fingerprint density at radius 3 is 2.56 bits per heavy atom. The molecule has 8 nitrogen and oxygen atoms in total. The molecule has 1 amide bonds. The second-order valence-electron chi connectivity index (χ2n) is 8.46. The number of amides is 1. The lowest BCUT2D eigenvalue weighted by molar-refractivity contribution is 0.0895. The molecule has 0 aliphatic heterocycles. The predicted molar refractivity (Wildman–Crippen MR) is 128 cm³/mol. The molecular weight excluding hydrogens is 432 g/mol. The maximum atomic E-state index is 13.0. The number of nitrogens with zero attached hydrogens (tertiary/aromatic N) is 2. The maximum absolute atomic E-state index is 13.0. The number of hydrogen-bond donors (Lipinski definition) is 2. The number of rotatable bonds is 6. The van der Waals surface area contributed by atoms with Gasteiger partial charge in [0.1, 0.15) is 11.3 Å². The quantitative estimate of drug-likeness (QED) is 0.370. The highest BCUT2D eigenvalue weighted by atomic mass is 16.5. The molecule has 2 aromatic heterocycles. The van der Waals surface area contributed by atoms with Crippen LogP contribution in [0.1, 0.15) is 35.9 Å². The molecule has 0 bridgehead atoms. The van der Waals surface area contributed by atoms with Crippen LogP contribution in [-0.4, -0.2) is 21.0 Å². The normalized spacial score (nSPS) is 11.6. The number of para-hydroxylation sites is 2. The molecule has 2 heterocycles. The summed E-state index contributed by atoms with van der Waals surface area (Å²) in [7, 11) is 0. The van der Waals surface area contributed by atoms with Crippen molar-refractivity contribution < 1.29 is 14.1 Å². The van der Waals surface area contributed by atoms with Crippen molar-refractivity contribution in [2.45, 2.75) is 26.0 Å². The van der Waals surface area contributed by atoms with Crippen molar-refractivity contribution >= 4 is 27.7 Å². The second kappa shape index (κ2) is 8.47. The molecule has 0 saturated heterocycles. The molecule has 8 heteroatoms. The van der Waals surface area contributed by atoms with Gasteiger partial charge < -0.3 is 19.6 Å². The zero-order valence-corrected chi connectivity index (χ0v) is 18.7. The third kappa shape index (κ3) is 4.13. The van der Waals surface area contributed by atoms with E-state index >= 15 is 0 Å². The van der Waals surface area contributed by atoms with E-state index in [4.69, 9.17) is 9.26 Å². The number of benzene rings is 3. The van der Waals surface area contributed by atoms with E-state index in [1.165, 1.54) is 0 Å². The van der Waals surface area contributed by atoms with Gasteiger partial charge in [-0.25, -0.2) is 0 Å². The van der Waals surface area contributed by atoms with Gasteiger partial charge in [0.2, 0.25) is 5.82 Å². The summed E-state index contributed by atoms with van der Waals surface area (Å²) in [5.41, 5.74) is 0.702. The molecule has 2 N–H and O–H groups in total. The lowest BCUT2D eigenvalue weighted by atomic mass is 10.0. The molecule has 0 radical (unpaired) electrons. The Hall–Kier alpha value is -4.46. The SMILES string of the molecule is CC(C)(NC(=O)c1ccc2c(=O)c3ccccc3[nH]c2c1)c1nc(COc2ccccc2)no1. The standard InChI is InChI=1S/C26H22N4O4/c1-26(2,25-28-22(30-34-25)15-33-17-8-4-3-5-9-17)29-24(32)16-12-13-19-21(14-16)27-20-11-7-6-10-18(20)23(19)31/h3-14H,15H2,1-2H3,(H,27,31)(H,29,32). The smallest absolute Gasteiger partial charge is 0.252 e. The summed E-state index contributed by atoms with van der Waals surface area (Å²) in [5.74, 6) is 0.994. The number of aromatic amines is 1. The first-order chi connectivity index (χ1) is 16.4. The van der Waals surface area contributed by atoms with Gasteiger partial charge in [-0.2, -0.15) is 4.98 Å². The van der Waals surface area contributed by atoms with Crippen molar-refractivity contribution in [3.63, 3.8) is 0 Å². The Bertz CT molecular complexity index is 1550. The number of hydrogen-bond acceptors (Lipinski definition) is 6. The molecule has 0 aliphatic rings. The van der Waals surface area contributed by atoms with Gasteiger partial charge in [-0.05, 0) is 56.3 Å².